The van der Waals surface area contributed by atoms with Gasteiger partial charge in [-0.15, -0.1) is 0 Å². The zero-order valence-corrected chi connectivity index (χ0v) is 24.2. The van der Waals surface area contributed by atoms with Crippen LogP contribution in [-0.4, -0.2) is 31.2 Å². The Labute approximate surface area is 247 Å². The lowest BCUT2D eigenvalue weighted by molar-refractivity contribution is -0.138. The summed E-state index contributed by atoms with van der Waals surface area (Å²) >= 11 is 0. The lowest BCUT2D eigenvalue weighted by atomic mass is 9.85. The molecule has 0 radical (unpaired) electrons. The van der Waals surface area contributed by atoms with E-state index in [9.17, 15) is 35.2 Å². The number of aryl methyl sites for hydroxylation is 1. The van der Waals surface area contributed by atoms with Crippen molar-refractivity contribution in [3.63, 3.8) is 0 Å². The molecule has 0 bridgehead atoms. The Morgan fingerprint density at radius 3 is 2.14 bits per heavy atom. The molecule has 1 aliphatic heterocycles. The van der Waals surface area contributed by atoms with Gasteiger partial charge in [-0.25, -0.2) is 17.2 Å². The van der Waals surface area contributed by atoms with Crippen LogP contribution in [0.4, 0.5) is 33.3 Å². The van der Waals surface area contributed by atoms with Crippen molar-refractivity contribution in [1.29, 1.82) is 0 Å². The van der Waals surface area contributed by atoms with Crippen LogP contribution in [0.2, 0.25) is 0 Å². The smallest absolute Gasteiger partial charge is 0.382 e. The quantitative estimate of drug-likeness (QED) is 0.269. The third-order valence-electron chi connectivity index (χ3n) is 8.20. The number of rotatable bonds is 7. The summed E-state index contributed by atoms with van der Waals surface area (Å²) in [6.45, 7) is 1.19. The first-order chi connectivity index (χ1) is 20.4. The van der Waals surface area contributed by atoms with Crippen LogP contribution in [-0.2, 0) is 21.0 Å². The van der Waals surface area contributed by atoms with Gasteiger partial charge in [-0.3, -0.25) is 4.79 Å². The Morgan fingerprint density at radius 2 is 1.51 bits per heavy atom. The number of halogens is 5. The molecule has 1 saturated heterocycles. The van der Waals surface area contributed by atoms with Crippen molar-refractivity contribution in [1.82, 2.24) is 4.31 Å². The molecule has 0 aromatic heterocycles. The number of benzene rings is 3. The zero-order chi connectivity index (χ0) is 30.9. The molecule has 2 fully saturated rings. The lowest BCUT2D eigenvalue weighted by Gasteiger charge is -2.40. The fourth-order valence-electron chi connectivity index (χ4n) is 6.08. The van der Waals surface area contributed by atoms with E-state index < -0.39 is 56.2 Å². The molecule has 1 amide bonds. The number of carbonyl (C=O) groups excluding carboxylic acids is 1. The average Bonchev–Trinajstić information content (AvgIpc) is 3.46. The number of nitrogens with one attached hydrogen (secondary N) is 2. The van der Waals surface area contributed by atoms with Gasteiger partial charge in [-0.05, 0) is 80.1 Å². The summed E-state index contributed by atoms with van der Waals surface area (Å²) in [7, 11) is -4.78. The van der Waals surface area contributed by atoms with E-state index >= 15 is 0 Å². The Morgan fingerprint density at radius 1 is 0.884 bits per heavy atom. The molecular formula is C31H32F5N3O3S. The summed E-state index contributed by atoms with van der Waals surface area (Å²) in [6.07, 6.45) is 0.0548. The molecule has 2 atom stereocenters. The monoisotopic (exact) mass is 621 g/mol. The van der Waals surface area contributed by atoms with Crippen LogP contribution in [0.3, 0.4) is 0 Å². The maximum Gasteiger partial charge on any atom is 0.416 e. The summed E-state index contributed by atoms with van der Waals surface area (Å²) in [5.74, 6) is -4.30. The van der Waals surface area contributed by atoms with Crippen molar-refractivity contribution in [2.24, 2.45) is 5.92 Å². The predicted octanol–water partition coefficient (Wildman–Crippen LogP) is 7.43. The number of hydrogen-bond acceptors (Lipinski definition) is 4. The van der Waals surface area contributed by atoms with E-state index in [1.165, 1.54) is 19.1 Å². The molecule has 2 aliphatic rings. The van der Waals surface area contributed by atoms with Gasteiger partial charge in [-0.2, -0.15) is 17.5 Å². The van der Waals surface area contributed by atoms with E-state index in [-0.39, 0.29) is 30.6 Å². The van der Waals surface area contributed by atoms with Gasteiger partial charge in [0.25, 0.3) is 0 Å². The second-order valence-corrected chi connectivity index (χ2v) is 13.0. The number of alkyl halides is 3. The van der Waals surface area contributed by atoms with Gasteiger partial charge in [0.2, 0.25) is 15.9 Å². The molecule has 3 aromatic carbocycles. The molecule has 1 heterocycles. The molecule has 0 spiro atoms. The van der Waals surface area contributed by atoms with E-state index in [4.69, 9.17) is 0 Å². The topological polar surface area (TPSA) is 78.5 Å². The van der Waals surface area contributed by atoms with Crippen LogP contribution in [0.25, 0.3) is 0 Å². The fourth-order valence-corrected chi connectivity index (χ4v) is 7.88. The predicted molar refractivity (Wildman–Crippen MR) is 153 cm³/mol. The van der Waals surface area contributed by atoms with E-state index in [2.05, 4.69) is 10.6 Å². The van der Waals surface area contributed by atoms with E-state index in [1.807, 2.05) is 0 Å². The molecule has 1 aliphatic carbocycles. The number of nitrogens with zero attached hydrogens (tertiary/aromatic N) is 1. The van der Waals surface area contributed by atoms with Gasteiger partial charge in [0.15, 0.2) is 4.90 Å². The van der Waals surface area contributed by atoms with Crippen molar-refractivity contribution >= 4 is 27.3 Å². The highest BCUT2D eigenvalue weighted by atomic mass is 32.2. The standard InChI is InChI=1S/C31H32F5N3O3S/c1-19-11-14-23(18-25(19)31(34,35)36)38-30(40)24-8-5-17-39(43(41,42)29-26(32)9-4-10-27(29)33)28(24)20-12-15-22(16-13-20)37-21-6-2-3-7-21/h4,9-16,18,21,24,28,37H,2-3,5-8,17H2,1H3,(H,38,40)/t24-,28-/m0/s1. The third-order valence-corrected chi connectivity index (χ3v) is 10.1. The summed E-state index contributed by atoms with van der Waals surface area (Å²) in [4.78, 5) is 12.5. The van der Waals surface area contributed by atoms with Crippen LogP contribution in [0.5, 0.6) is 0 Å². The highest BCUT2D eigenvalue weighted by Gasteiger charge is 2.45. The van der Waals surface area contributed by atoms with Crippen LogP contribution >= 0.6 is 0 Å². The maximum atomic E-state index is 14.8. The summed E-state index contributed by atoms with van der Waals surface area (Å²) in [5, 5.41) is 5.96. The fraction of sp³-hybridized carbons (Fsp3) is 0.387. The van der Waals surface area contributed by atoms with Crippen molar-refractivity contribution < 1.29 is 35.2 Å². The second-order valence-electron chi connectivity index (χ2n) is 11.1. The molecule has 230 valence electrons. The van der Waals surface area contributed by atoms with E-state index in [0.29, 0.717) is 11.6 Å². The van der Waals surface area contributed by atoms with E-state index in [1.54, 1.807) is 24.3 Å². The molecule has 0 unspecified atom stereocenters. The largest absolute Gasteiger partial charge is 0.416 e. The van der Waals surface area contributed by atoms with Gasteiger partial charge in [-0.1, -0.05) is 37.1 Å². The molecule has 43 heavy (non-hydrogen) atoms. The number of piperidine rings is 1. The van der Waals surface area contributed by atoms with Gasteiger partial charge >= 0.3 is 6.18 Å². The summed E-state index contributed by atoms with van der Waals surface area (Å²) < 4.78 is 98.6. The first kappa shape index (κ1) is 30.9. The van der Waals surface area contributed by atoms with E-state index in [0.717, 1.165) is 59.9 Å². The minimum atomic E-state index is -4.78. The molecule has 2 N–H and O–H groups in total. The third kappa shape index (κ3) is 6.54. The first-order valence-corrected chi connectivity index (χ1v) is 15.6. The number of carbonyl (C=O) groups is 1. The Balaban J connectivity index is 1.52. The molecule has 6 nitrogen and oxygen atoms in total. The number of hydrogen-bond donors (Lipinski definition) is 2. The Hall–Kier alpha value is -3.51. The van der Waals surface area contributed by atoms with Crippen LogP contribution in [0, 0.1) is 24.5 Å². The first-order valence-electron chi connectivity index (χ1n) is 14.2. The highest BCUT2D eigenvalue weighted by Crippen LogP contribution is 2.42. The second kappa shape index (κ2) is 12.2. The molecular weight excluding hydrogens is 589 g/mol. The maximum absolute atomic E-state index is 14.8. The Bertz CT molecular complexity index is 1570. The minimum Gasteiger partial charge on any atom is -0.382 e. The lowest BCUT2D eigenvalue weighted by Crippen LogP contribution is -2.46. The summed E-state index contributed by atoms with van der Waals surface area (Å²) in [6, 6.07) is 12.2. The van der Waals surface area contributed by atoms with Gasteiger partial charge in [0.05, 0.1) is 17.5 Å². The number of anilines is 2. The summed E-state index contributed by atoms with van der Waals surface area (Å²) in [5.41, 5.74) is 0.197. The van der Waals surface area contributed by atoms with Gasteiger partial charge < -0.3 is 10.6 Å². The normalized spacial score (nSPS) is 20.2. The number of sulfonamides is 1. The molecule has 12 heteroatoms. The SMILES string of the molecule is Cc1ccc(NC(=O)[C@H]2CCCN(S(=O)(=O)c3c(F)cccc3F)[C@H]2c2ccc(NC3CCCC3)cc2)cc1C(F)(F)F. The van der Waals surface area contributed by atoms with Crippen molar-refractivity contribution in [3.05, 3.63) is 89.0 Å². The van der Waals surface area contributed by atoms with Crippen molar-refractivity contribution in [3.8, 4) is 0 Å². The zero-order valence-electron chi connectivity index (χ0n) is 23.4. The average molecular weight is 622 g/mol. The minimum absolute atomic E-state index is 0.0171. The van der Waals surface area contributed by atoms with Gasteiger partial charge in [0.1, 0.15) is 11.6 Å². The highest BCUT2D eigenvalue weighted by molar-refractivity contribution is 7.89. The molecule has 5 rings (SSSR count). The molecule has 3 aromatic rings. The van der Waals surface area contributed by atoms with Gasteiger partial charge in [0, 0.05) is 24.0 Å². The molecule has 1 saturated carbocycles. The van der Waals surface area contributed by atoms with Crippen molar-refractivity contribution in [2.45, 2.75) is 68.6 Å². The Kier molecular flexibility index (Phi) is 8.80. The van der Waals surface area contributed by atoms with Crippen LogP contribution in [0.15, 0.2) is 65.6 Å². The number of amides is 1. The van der Waals surface area contributed by atoms with Crippen molar-refractivity contribution in [2.75, 3.05) is 17.2 Å². The van der Waals surface area contributed by atoms with Crippen LogP contribution in [0.1, 0.15) is 61.3 Å². The van der Waals surface area contributed by atoms with Crippen LogP contribution < -0.4 is 10.6 Å².